The van der Waals surface area contributed by atoms with Crippen LogP contribution in [0.25, 0.3) is 0 Å². The first-order valence-electron chi connectivity index (χ1n) is 3.69. The van der Waals surface area contributed by atoms with E-state index in [-0.39, 0.29) is 5.56 Å². The van der Waals surface area contributed by atoms with Crippen molar-refractivity contribution in [3.63, 3.8) is 0 Å². The summed E-state index contributed by atoms with van der Waals surface area (Å²) in [5, 5.41) is 9.62. The van der Waals surface area contributed by atoms with Crippen molar-refractivity contribution >= 4 is 0 Å². The van der Waals surface area contributed by atoms with Gasteiger partial charge in [-0.15, -0.1) is 0 Å². The second-order valence-corrected chi connectivity index (χ2v) is 2.83. The average molecular weight is 166 g/mol. The molecule has 1 aromatic carbocycles. The van der Waals surface area contributed by atoms with Crippen LogP contribution >= 0.6 is 0 Å². The van der Waals surface area contributed by atoms with Crippen molar-refractivity contribution < 1.29 is 9.50 Å². The topological polar surface area (TPSA) is 20.2 Å². The average Bonchev–Trinajstić information content (AvgIpc) is 2.05. The molecule has 0 saturated heterocycles. The lowest BCUT2D eigenvalue weighted by Gasteiger charge is -2.19. The molecule has 12 heavy (non-hydrogen) atoms. The molecule has 1 N–H and O–H groups in total. The predicted octanol–water partition coefficient (Wildman–Crippen LogP) is 2.22. The van der Waals surface area contributed by atoms with Crippen LogP contribution < -0.4 is 0 Å². The van der Waals surface area contributed by atoms with Gasteiger partial charge in [-0.3, -0.25) is 0 Å². The van der Waals surface area contributed by atoms with Gasteiger partial charge in [0.1, 0.15) is 11.4 Å². The van der Waals surface area contributed by atoms with Gasteiger partial charge in [0.25, 0.3) is 0 Å². The molecule has 0 amide bonds. The largest absolute Gasteiger partial charge is 0.381 e. The molecule has 1 unspecified atom stereocenters. The Balaban J connectivity index is 3.19. The third-order valence-corrected chi connectivity index (χ3v) is 1.82. The normalized spacial score (nSPS) is 15.2. The van der Waals surface area contributed by atoms with Gasteiger partial charge in [0.05, 0.1) is 0 Å². The van der Waals surface area contributed by atoms with Crippen LogP contribution in [0.3, 0.4) is 0 Å². The molecule has 0 spiro atoms. The van der Waals surface area contributed by atoms with E-state index in [1.54, 1.807) is 12.1 Å². The van der Waals surface area contributed by atoms with E-state index in [0.717, 1.165) is 0 Å². The standard InChI is InChI=1S/C10H11FO/c1-3-10(2,12)8-6-4-5-7-9(8)11/h3-7,12H,1H2,2H3. The molecule has 0 saturated carbocycles. The van der Waals surface area contributed by atoms with E-state index in [1.165, 1.54) is 25.1 Å². The minimum Gasteiger partial charge on any atom is -0.381 e. The van der Waals surface area contributed by atoms with Crippen molar-refractivity contribution in [2.45, 2.75) is 12.5 Å². The van der Waals surface area contributed by atoms with E-state index in [1.807, 2.05) is 0 Å². The quantitative estimate of drug-likeness (QED) is 0.668. The van der Waals surface area contributed by atoms with Crippen LogP contribution in [0.1, 0.15) is 12.5 Å². The van der Waals surface area contributed by atoms with Crippen molar-refractivity contribution in [2.75, 3.05) is 0 Å². The van der Waals surface area contributed by atoms with Gasteiger partial charge in [0, 0.05) is 5.56 Å². The van der Waals surface area contributed by atoms with Crippen LogP contribution in [-0.4, -0.2) is 5.11 Å². The van der Waals surface area contributed by atoms with Crippen LogP contribution in [-0.2, 0) is 5.60 Å². The zero-order chi connectivity index (χ0) is 9.19. The summed E-state index contributed by atoms with van der Waals surface area (Å²) in [6.07, 6.45) is 1.31. The number of halogens is 1. The second kappa shape index (κ2) is 3.07. The van der Waals surface area contributed by atoms with Gasteiger partial charge in [-0.2, -0.15) is 0 Å². The summed E-state index contributed by atoms with van der Waals surface area (Å²) >= 11 is 0. The molecule has 1 atom stereocenters. The molecule has 1 aromatic rings. The SMILES string of the molecule is C=CC(C)(O)c1ccccc1F. The molecule has 0 radical (unpaired) electrons. The lowest BCUT2D eigenvalue weighted by molar-refractivity contribution is 0.107. The van der Waals surface area contributed by atoms with Gasteiger partial charge in [-0.1, -0.05) is 30.9 Å². The highest BCUT2D eigenvalue weighted by Gasteiger charge is 2.21. The molecule has 1 rings (SSSR count). The Labute approximate surface area is 71.2 Å². The van der Waals surface area contributed by atoms with Crippen molar-refractivity contribution in [2.24, 2.45) is 0 Å². The van der Waals surface area contributed by atoms with Crippen molar-refractivity contribution in [3.05, 3.63) is 48.3 Å². The van der Waals surface area contributed by atoms with Crippen molar-refractivity contribution in [3.8, 4) is 0 Å². The summed E-state index contributed by atoms with van der Waals surface area (Å²) in [5.74, 6) is -0.414. The Morgan fingerprint density at radius 2 is 2.08 bits per heavy atom. The van der Waals surface area contributed by atoms with E-state index in [0.29, 0.717) is 0 Å². The van der Waals surface area contributed by atoms with Gasteiger partial charge >= 0.3 is 0 Å². The van der Waals surface area contributed by atoms with Gasteiger partial charge < -0.3 is 5.11 Å². The molecule has 0 bridgehead atoms. The summed E-state index contributed by atoms with van der Waals surface area (Å²) in [6.45, 7) is 4.93. The molecule has 0 aliphatic carbocycles. The molecule has 0 aliphatic rings. The molecular weight excluding hydrogens is 155 g/mol. The smallest absolute Gasteiger partial charge is 0.129 e. The van der Waals surface area contributed by atoms with Crippen LogP contribution in [0.5, 0.6) is 0 Å². The number of benzene rings is 1. The maximum absolute atomic E-state index is 13.1. The van der Waals surface area contributed by atoms with E-state index in [4.69, 9.17) is 0 Å². The molecule has 0 fully saturated rings. The van der Waals surface area contributed by atoms with Crippen molar-refractivity contribution in [1.29, 1.82) is 0 Å². The Kier molecular flexibility index (Phi) is 2.29. The molecule has 1 nitrogen and oxygen atoms in total. The summed E-state index contributed by atoms with van der Waals surface area (Å²) in [5.41, 5.74) is -1.04. The zero-order valence-electron chi connectivity index (χ0n) is 6.92. The summed E-state index contributed by atoms with van der Waals surface area (Å²) in [6, 6.07) is 6.11. The maximum atomic E-state index is 13.1. The Hall–Kier alpha value is -1.15. The summed E-state index contributed by atoms with van der Waals surface area (Å²) in [4.78, 5) is 0. The fourth-order valence-corrected chi connectivity index (χ4v) is 0.982. The van der Waals surface area contributed by atoms with Crippen LogP contribution in [0.4, 0.5) is 4.39 Å². The van der Waals surface area contributed by atoms with Crippen LogP contribution in [0.15, 0.2) is 36.9 Å². The predicted molar refractivity (Wildman–Crippen MR) is 46.2 cm³/mol. The van der Waals surface area contributed by atoms with Crippen LogP contribution in [0, 0.1) is 5.82 Å². The zero-order valence-corrected chi connectivity index (χ0v) is 6.92. The number of hydrogen-bond donors (Lipinski definition) is 1. The molecule has 2 heteroatoms. The highest BCUT2D eigenvalue weighted by atomic mass is 19.1. The highest BCUT2D eigenvalue weighted by Crippen LogP contribution is 2.23. The molecule has 64 valence electrons. The molecule has 0 heterocycles. The molecular formula is C10H11FO. The van der Waals surface area contributed by atoms with Crippen molar-refractivity contribution in [1.82, 2.24) is 0 Å². The molecule has 0 aromatic heterocycles. The van der Waals surface area contributed by atoms with Gasteiger partial charge in [-0.05, 0) is 13.0 Å². The Bertz CT molecular complexity index is 292. The number of hydrogen-bond acceptors (Lipinski definition) is 1. The highest BCUT2D eigenvalue weighted by molar-refractivity contribution is 5.27. The lowest BCUT2D eigenvalue weighted by atomic mass is 9.96. The van der Waals surface area contributed by atoms with E-state index in [2.05, 4.69) is 6.58 Å². The lowest BCUT2D eigenvalue weighted by Crippen LogP contribution is -2.18. The first kappa shape index (κ1) is 8.94. The third kappa shape index (κ3) is 1.53. The minimum atomic E-state index is -1.29. The number of aliphatic hydroxyl groups is 1. The Morgan fingerprint density at radius 1 is 1.50 bits per heavy atom. The van der Waals surface area contributed by atoms with Gasteiger partial charge in [-0.25, -0.2) is 4.39 Å². The monoisotopic (exact) mass is 166 g/mol. The third-order valence-electron chi connectivity index (χ3n) is 1.82. The second-order valence-electron chi connectivity index (χ2n) is 2.83. The first-order chi connectivity index (χ1) is 5.58. The maximum Gasteiger partial charge on any atom is 0.129 e. The van der Waals surface area contributed by atoms with Crippen LogP contribution in [0.2, 0.25) is 0 Å². The first-order valence-corrected chi connectivity index (χ1v) is 3.69. The van der Waals surface area contributed by atoms with Gasteiger partial charge in [0.15, 0.2) is 0 Å². The molecule has 0 aliphatic heterocycles. The minimum absolute atomic E-state index is 0.250. The fraction of sp³-hybridized carbons (Fsp3) is 0.200. The summed E-state index contributed by atoms with van der Waals surface area (Å²) in [7, 11) is 0. The number of rotatable bonds is 2. The summed E-state index contributed by atoms with van der Waals surface area (Å²) < 4.78 is 13.1. The fourth-order valence-electron chi connectivity index (χ4n) is 0.982. The van der Waals surface area contributed by atoms with E-state index < -0.39 is 11.4 Å². The van der Waals surface area contributed by atoms with E-state index >= 15 is 0 Å². The Morgan fingerprint density at radius 3 is 2.58 bits per heavy atom. The van der Waals surface area contributed by atoms with E-state index in [9.17, 15) is 9.50 Å². The van der Waals surface area contributed by atoms with Gasteiger partial charge in [0.2, 0.25) is 0 Å².